The SMILES string of the molecule is Brc1nn(C2CCCCO2)c2c(Br)ccnc12. The van der Waals surface area contributed by atoms with Crippen LogP contribution in [0.4, 0.5) is 0 Å². The molecule has 0 aromatic carbocycles. The highest BCUT2D eigenvalue weighted by atomic mass is 79.9. The highest BCUT2D eigenvalue weighted by Gasteiger charge is 2.22. The monoisotopic (exact) mass is 359 g/mol. The standard InChI is InChI=1S/C11H11Br2N3O/c12-7-4-5-14-9-10(7)16(15-11(9)13)8-3-1-2-6-17-8/h4-5,8H,1-3,6H2. The highest BCUT2D eigenvalue weighted by Crippen LogP contribution is 2.32. The molecule has 0 radical (unpaired) electrons. The fourth-order valence-corrected chi connectivity index (χ4v) is 3.06. The Morgan fingerprint density at radius 3 is 3.00 bits per heavy atom. The van der Waals surface area contributed by atoms with Gasteiger partial charge in [-0.2, -0.15) is 5.10 Å². The zero-order chi connectivity index (χ0) is 11.8. The van der Waals surface area contributed by atoms with Gasteiger partial charge >= 0.3 is 0 Å². The highest BCUT2D eigenvalue weighted by molar-refractivity contribution is 9.11. The van der Waals surface area contributed by atoms with Crippen molar-refractivity contribution in [2.75, 3.05) is 6.61 Å². The van der Waals surface area contributed by atoms with Gasteiger partial charge < -0.3 is 4.74 Å². The van der Waals surface area contributed by atoms with Crippen LogP contribution in [0.15, 0.2) is 21.3 Å². The number of ether oxygens (including phenoxy) is 1. The smallest absolute Gasteiger partial charge is 0.154 e. The third-order valence-electron chi connectivity index (χ3n) is 2.92. The molecule has 0 bridgehead atoms. The topological polar surface area (TPSA) is 39.9 Å². The molecule has 3 heterocycles. The van der Waals surface area contributed by atoms with Crippen molar-refractivity contribution in [1.82, 2.24) is 14.8 Å². The largest absolute Gasteiger partial charge is 0.356 e. The van der Waals surface area contributed by atoms with Crippen LogP contribution in [0.1, 0.15) is 25.5 Å². The molecule has 1 aliphatic rings. The van der Waals surface area contributed by atoms with Gasteiger partial charge in [-0.1, -0.05) is 0 Å². The first kappa shape index (κ1) is 11.6. The van der Waals surface area contributed by atoms with E-state index in [1.54, 1.807) is 6.20 Å². The molecular formula is C11H11Br2N3O. The summed E-state index contributed by atoms with van der Waals surface area (Å²) in [7, 11) is 0. The molecule has 1 unspecified atom stereocenters. The zero-order valence-electron chi connectivity index (χ0n) is 9.07. The lowest BCUT2D eigenvalue weighted by Gasteiger charge is -2.23. The van der Waals surface area contributed by atoms with Gasteiger partial charge in [0.25, 0.3) is 0 Å². The number of nitrogens with zero attached hydrogens (tertiary/aromatic N) is 3. The number of fused-ring (bicyclic) bond motifs is 1. The Labute approximate surface area is 116 Å². The fraction of sp³-hybridized carbons (Fsp3) is 0.455. The third kappa shape index (κ3) is 2.02. The predicted octanol–water partition coefficient (Wildman–Crippen LogP) is 3.66. The molecule has 2 aromatic heterocycles. The number of halogens is 2. The lowest BCUT2D eigenvalue weighted by atomic mass is 10.2. The number of pyridine rings is 1. The van der Waals surface area contributed by atoms with Crippen molar-refractivity contribution in [3.05, 3.63) is 21.3 Å². The summed E-state index contributed by atoms with van der Waals surface area (Å²) in [5.74, 6) is 0. The molecule has 17 heavy (non-hydrogen) atoms. The molecule has 1 atom stereocenters. The summed E-state index contributed by atoms with van der Waals surface area (Å²) in [6, 6.07) is 1.93. The Morgan fingerprint density at radius 1 is 1.35 bits per heavy atom. The molecule has 0 amide bonds. The molecule has 90 valence electrons. The number of hydrogen-bond acceptors (Lipinski definition) is 3. The first-order valence-electron chi connectivity index (χ1n) is 5.57. The summed E-state index contributed by atoms with van der Waals surface area (Å²) in [4.78, 5) is 4.34. The van der Waals surface area contributed by atoms with E-state index in [-0.39, 0.29) is 6.23 Å². The van der Waals surface area contributed by atoms with Crippen LogP contribution in [0.2, 0.25) is 0 Å². The van der Waals surface area contributed by atoms with E-state index in [2.05, 4.69) is 41.9 Å². The first-order chi connectivity index (χ1) is 8.27. The van der Waals surface area contributed by atoms with Crippen molar-refractivity contribution in [2.24, 2.45) is 0 Å². The first-order valence-corrected chi connectivity index (χ1v) is 7.16. The quantitative estimate of drug-likeness (QED) is 0.779. The van der Waals surface area contributed by atoms with Crippen LogP contribution in [0.25, 0.3) is 11.0 Å². The normalized spacial score (nSPS) is 20.9. The van der Waals surface area contributed by atoms with Crippen LogP contribution >= 0.6 is 31.9 Å². The third-order valence-corrected chi connectivity index (χ3v) is 4.10. The molecule has 0 aliphatic carbocycles. The van der Waals surface area contributed by atoms with Gasteiger partial charge in [0.05, 0.1) is 0 Å². The van der Waals surface area contributed by atoms with Gasteiger partial charge in [0, 0.05) is 17.3 Å². The molecule has 0 saturated carbocycles. The van der Waals surface area contributed by atoms with E-state index in [9.17, 15) is 0 Å². The van der Waals surface area contributed by atoms with Crippen molar-refractivity contribution in [3.63, 3.8) is 0 Å². The van der Waals surface area contributed by atoms with Crippen LogP contribution < -0.4 is 0 Å². The van der Waals surface area contributed by atoms with Crippen molar-refractivity contribution in [3.8, 4) is 0 Å². The Kier molecular flexibility index (Phi) is 3.19. The van der Waals surface area contributed by atoms with Gasteiger partial charge in [-0.15, -0.1) is 0 Å². The van der Waals surface area contributed by atoms with Crippen LogP contribution in [0.3, 0.4) is 0 Å². The average molecular weight is 361 g/mol. The van der Waals surface area contributed by atoms with Crippen molar-refractivity contribution < 1.29 is 4.74 Å². The van der Waals surface area contributed by atoms with Gasteiger partial charge in [-0.3, -0.25) is 4.98 Å². The maximum Gasteiger partial charge on any atom is 0.154 e. The summed E-state index contributed by atoms with van der Waals surface area (Å²) >= 11 is 7.00. The maximum absolute atomic E-state index is 5.77. The minimum atomic E-state index is 0.0260. The van der Waals surface area contributed by atoms with Crippen molar-refractivity contribution in [2.45, 2.75) is 25.5 Å². The second-order valence-corrected chi connectivity index (χ2v) is 5.65. The van der Waals surface area contributed by atoms with Crippen molar-refractivity contribution in [1.29, 1.82) is 0 Å². The van der Waals surface area contributed by atoms with Crippen LogP contribution in [-0.4, -0.2) is 21.4 Å². The molecule has 6 heteroatoms. The summed E-state index contributed by atoms with van der Waals surface area (Å²) in [5, 5.41) is 4.49. The molecule has 2 aromatic rings. The Hall–Kier alpha value is -0.460. The van der Waals surface area contributed by atoms with E-state index in [1.807, 2.05) is 10.7 Å². The minimum absolute atomic E-state index is 0.0260. The second kappa shape index (κ2) is 4.66. The van der Waals surface area contributed by atoms with E-state index in [0.29, 0.717) is 0 Å². The molecule has 3 rings (SSSR count). The molecule has 0 spiro atoms. The summed E-state index contributed by atoms with van der Waals surface area (Å²) in [6.45, 7) is 0.807. The lowest BCUT2D eigenvalue weighted by molar-refractivity contribution is -0.0369. The Morgan fingerprint density at radius 2 is 2.24 bits per heavy atom. The van der Waals surface area contributed by atoms with E-state index >= 15 is 0 Å². The van der Waals surface area contributed by atoms with Crippen LogP contribution in [0.5, 0.6) is 0 Å². The Bertz CT molecular complexity index is 549. The summed E-state index contributed by atoms with van der Waals surface area (Å²) in [6.07, 6.45) is 5.12. The van der Waals surface area contributed by atoms with E-state index in [4.69, 9.17) is 4.74 Å². The number of rotatable bonds is 1. The number of aromatic nitrogens is 3. The molecule has 1 aliphatic heterocycles. The van der Waals surface area contributed by atoms with Gasteiger partial charge in [0.15, 0.2) is 10.8 Å². The van der Waals surface area contributed by atoms with E-state index in [0.717, 1.165) is 39.6 Å². The van der Waals surface area contributed by atoms with Crippen molar-refractivity contribution >= 4 is 42.9 Å². The number of hydrogen-bond donors (Lipinski definition) is 0. The zero-order valence-corrected chi connectivity index (χ0v) is 12.2. The molecule has 1 saturated heterocycles. The van der Waals surface area contributed by atoms with Gasteiger partial charge in [0.2, 0.25) is 0 Å². The lowest BCUT2D eigenvalue weighted by Crippen LogP contribution is -2.19. The second-order valence-electron chi connectivity index (χ2n) is 4.05. The average Bonchev–Trinajstić information content (AvgIpc) is 2.70. The molecular weight excluding hydrogens is 350 g/mol. The predicted molar refractivity (Wildman–Crippen MR) is 71.8 cm³/mol. The van der Waals surface area contributed by atoms with E-state index in [1.165, 1.54) is 6.42 Å². The Balaban J connectivity index is 2.15. The van der Waals surface area contributed by atoms with Crippen LogP contribution in [0, 0.1) is 0 Å². The minimum Gasteiger partial charge on any atom is -0.356 e. The van der Waals surface area contributed by atoms with Gasteiger partial charge in [-0.25, -0.2) is 4.68 Å². The molecule has 0 N–H and O–H groups in total. The summed E-state index contributed by atoms with van der Waals surface area (Å²) in [5.41, 5.74) is 1.86. The fourth-order valence-electron chi connectivity index (χ4n) is 2.12. The summed E-state index contributed by atoms with van der Waals surface area (Å²) < 4.78 is 9.46. The molecule has 4 nitrogen and oxygen atoms in total. The van der Waals surface area contributed by atoms with Gasteiger partial charge in [-0.05, 0) is 57.2 Å². The maximum atomic E-state index is 5.77. The van der Waals surface area contributed by atoms with E-state index < -0.39 is 0 Å². The van der Waals surface area contributed by atoms with Crippen LogP contribution in [-0.2, 0) is 4.74 Å². The van der Waals surface area contributed by atoms with Gasteiger partial charge in [0.1, 0.15) is 11.0 Å². The molecule has 1 fully saturated rings.